The Morgan fingerprint density at radius 3 is 1.94 bits per heavy atom. The molecule has 0 aliphatic carbocycles. The Labute approximate surface area is 106 Å². The lowest BCUT2D eigenvalue weighted by Gasteiger charge is -2.25. The van der Waals surface area contributed by atoms with Crippen molar-refractivity contribution < 1.29 is 19.5 Å². The highest BCUT2D eigenvalue weighted by Gasteiger charge is 2.32. The van der Waals surface area contributed by atoms with Crippen LogP contribution < -0.4 is 16.4 Å². The molecule has 0 rings (SSSR count). The number of nitrogens with two attached hydrogens (primary N) is 1. The summed E-state index contributed by atoms with van der Waals surface area (Å²) in [6.07, 6.45) is 0. The normalized spacial score (nSPS) is 13.7. The first-order valence-electron chi connectivity index (χ1n) is 5.53. The van der Waals surface area contributed by atoms with Crippen LogP contribution in [-0.4, -0.2) is 40.0 Å². The zero-order chi connectivity index (χ0) is 14.7. The molecule has 18 heavy (non-hydrogen) atoms. The maximum Gasteiger partial charge on any atom is 0.328 e. The summed E-state index contributed by atoms with van der Waals surface area (Å²) in [5.74, 6) is -2.23. The van der Waals surface area contributed by atoms with Crippen molar-refractivity contribution in [1.82, 2.24) is 10.6 Å². The van der Waals surface area contributed by atoms with Gasteiger partial charge in [0.15, 0.2) is 0 Å². The molecular formula is C11H21N3O4. The summed E-state index contributed by atoms with van der Waals surface area (Å²) in [7, 11) is 0. The fourth-order valence-electron chi connectivity index (χ4n) is 0.918. The van der Waals surface area contributed by atoms with Gasteiger partial charge >= 0.3 is 5.97 Å². The van der Waals surface area contributed by atoms with Crippen molar-refractivity contribution in [2.45, 2.75) is 51.7 Å². The van der Waals surface area contributed by atoms with Gasteiger partial charge in [0.05, 0.1) is 5.54 Å². The molecule has 0 unspecified atom stereocenters. The molecule has 0 aliphatic rings. The number of carboxylic acids is 1. The van der Waals surface area contributed by atoms with Crippen LogP contribution in [0.25, 0.3) is 0 Å². The van der Waals surface area contributed by atoms with E-state index >= 15 is 0 Å². The number of carbonyl (C=O) groups excluding carboxylic acids is 2. The summed E-state index contributed by atoms with van der Waals surface area (Å²) in [6.45, 7) is 7.18. The smallest absolute Gasteiger partial charge is 0.328 e. The number of carboxylic acid groups (broad SMARTS) is 1. The molecule has 0 saturated heterocycles. The van der Waals surface area contributed by atoms with E-state index in [1.807, 2.05) is 0 Å². The van der Waals surface area contributed by atoms with Crippen LogP contribution in [-0.2, 0) is 14.4 Å². The molecule has 0 aromatic carbocycles. The number of hydrogen-bond donors (Lipinski definition) is 4. The van der Waals surface area contributed by atoms with Crippen LogP contribution >= 0.6 is 0 Å². The molecule has 1 atom stereocenters. The van der Waals surface area contributed by atoms with Crippen molar-refractivity contribution >= 4 is 17.8 Å². The Kier molecular flexibility index (Phi) is 4.86. The van der Waals surface area contributed by atoms with E-state index in [0.29, 0.717) is 0 Å². The Balaban J connectivity index is 4.55. The minimum Gasteiger partial charge on any atom is -0.480 e. The standard InChI is InChI=1S/C11H21N3O4/c1-6(13-8(16)10(2,3)12)7(15)14-11(4,5)9(17)18/h6H,12H2,1-5H3,(H,13,16)(H,14,15)(H,17,18)/t6-/m1/s1. The Hall–Kier alpha value is -1.63. The molecule has 0 aromatic rings. The Bertz CT molecular complexity index is 358. The van der Waals surface area contributed by atoms with E-state index in [1.54, 1.807) is 0 Å². The van der Waals surface area contributed by atoms with Crippen LogP contribution in [0.5, 0.6) is 0 Å². The van der Waals surface area contributed by atoms with Gasteiger partial charge in [-0.1, -0.05) is 0 Å². The molecule has 7 heteroatoms. The predicted octanol–water partition coefficient (Wildman–Crippen LogP) is -0.792. The van der Waals surface area contributed by atoms with Gasteiger partial charge in [0, 0.05) is 0 Å². The number of aliphatic carboxylic acids is 1. The van der Waals surface area contributed by atoms with E-state index in [0.717, 1.165) is 0 Å². The van der Waals surface area contributed by atoms with E-state index in [9.17, 15) is 14.4 Å². The van der Waals surface area contributed by atoms with E-state index < -0.39 is 34.9 Å². The zero-order valence-electron chi connectivity index (χ0n) is 11.3. The van der Waals surface area contributed by atoms with Gasteiger partial charge in [-0.25, -0.2) is 4.79 Å². The van der Waals surface area contributed by atoms with Crippen molar-refractivity contribution in [2.75, 3.05) is 0 Å². The minimum absolute atomic E-state index is 0.488. The first kappa shape index (κ1) is 16.4. The third-order valence-corrected chi connectivity index (χ3v) is 2.30. The van der Waals surface area contributed by atoms with E-state index in [2.05, 4.69) is 10.6 Å². The van der Waals surface area contributed by atoms with Crippen LogP contribution in [0.3, 0.4) is 0 Å². The number of nitrogens with one attached hydrogen (secondary N) is 2. The summed E-state index contributed by atoms with van der Waals surface area (Å²) in [4.78, 5) is 34.1. The van der Waals surface area contributed by atoms with Crippen LogP contribution in [0.1, 0.15) is 34.6 Å². The maximum absolute atomic E-state index is 11.7. The fourth-order valence-corrected chi connectivity index (χ4v) is 0.918. The fraction of sp³-hybridized carbons (Fsp3) is 0.727. The van der Waals surface area contributed by atoms with Crippen LogP contribution in [0.15, 0.2) is 0 Å². The molecule has 0 spiro atoms. The molecule has 0 heterocycles. The van der Waals surface area contributed by atoms with Gasteiger partial charge in [0.1, 0.15) is 11.6 Å². The van der Waals surface area contributed by atoms with Crippen molar-refractivity contribution in [3.8, 4) is 0 Å². The minimum atomic E-state index is -1.39. The van der Waals surface area contributed by atoms with Gasteiger partial charge in [0.2, 0.25) is 11.8 Å². The van der Waals surface area contributed by atoms with Gasteiger partial charge in [-0.15, -0.1) is 0 Å². The van der Waals surface area contributed by atoms with Crippen molar-refractivity contribution in [3.05, 3.63) is 0 Å². The summed E-state index contributed by atoms with van der Waals surface area (Å²) in [5.41, 5.74) is 3.07. The van der Waals surface area contributed by atoms with E-state index in [-0.39, 0.29) is 0 Å². The quantitative estimate of drug-likeness (QED) is 0.515. The lowest BCUT2D eigenvalue weighted by Crippen LogP contribution is -2.58. The first-order chi connectivity index (χ1) is 7.88. The maximum atomic E-state index is 11.7. The van der Waals surface area contributed by atoms with E-state index in [4.69, 9.17) is 10.8 Å². The Morgan fingerprint density at radius 2 is 1.61 bits per heavy atom. The highest BCUT2D eigenvalue weighted by atomic mass is 16.4. The molecule has 0 aromatic heterocycles. The van der Waals surface area contributed by atoms with E-state index in [1.165, 1.54) is 34.6 Å². The monoisotopic (exact) mass is 259 g/mol. The van der Waals surface area contributed by atoms with Crippen LogP contribution in [0, 0.1) is 0 Å². The molecule has 0 bridgehead atoms. The molecule has 5 N–H and O–H groups in total. The second-order valence-electron chi connectivity index (χ2n) is 5.34. The molecule has 2 amide bonds. The first-order valence-corrected chi connectivity index (χ1v) is 5.53. The van der Waals surface area contributed by atoms with Crippen molar-refractivity contribution in [2.24, 2.45) is 5.73 Å². The molecule has 0 saturated carbocycles. The molecule has 0 aliphatic heterocycles. The van der Waals surface area contributed by atoms with Crippen LogP contribution in [0.2, 0.25) is 0 Å². The number of rotatable bonds is 5. The molecular weight excluding hydrogens is 238 g/mol. The third kappa shape index (κ3) is 4.70. The number of amides is 2. The second-order valence-corrected chi connectivity index (χ2v) is 5.34. The van der Waals surface area contributed by atoms with Gasteiger partial charge in [-0.3, -0.25) is 9.59 Å². The van der Waals surface area contributed by atoms with Crippen LogP contribution in [0.4, 0.5) is 0 Å². The highest BCUT2D eigenvalue weighted by Crippen LogP contribution is 2.03. The summed E-state index contributed by atoms with van der Waals surface area (Å²) in [6, 6.07) is -0.862. The topological polar surface area (TPSA) is 122 Å². The summed E-state index contributed by atoms with van der Waals surface area (Å²) in [5, 5.41) is 13.6. The molecule has 104 valence electrons. The largest absolute Gasteiger partial charge is 0.480 e. The molecule has 0 radical (unpaired) electrons. The van der Waals surface area contributed by atoms with Crippen molar-refractivity contribution in [1.29, 1.82) is 0 Å². The van der Waals surface area contributed by atoms with Gasteiger partial charge < -0.3 is 21.5 Å². The summed E-state index contributed by atoms with van der Waals surface area (Å²) < 4.78 is 0. The average molecular weight is 259 g/mol. The average Bonchev–Trinajstić information content (AvgIpc) is 2.14. The SMILES string of the molecule is C[C@@H](NC(=O)C(C)(C)N)C(=O)NC(C)(C)C(=O)O. The molecule has 0 fully saturated rings. The lowest BCUT2D eigenvalue weighted by molar-refractivity contribution is -0.146. The van der Waals surface area contributed by atoms with Crippen molar-refractivity contribution in [3.63, 3.8) is 0 Å². The summed E-state index contributed by atoms with van der Waals surface area (Å²) >= 11 is 0. The zero-order valence-corrected chi connectivity index (χ0v) is 11.3. The molecule has 7 nitrogen and oxygen atoms in total. The highest BCUT2D eigenvalue weighted by molar-refractivity contribution is 5.93. The Morgan fingerprint density at radius 1 is 1.17 bits per heavy atom. The predicted molar refractivity (Wildman–Crippen MR) is 65.7 cm³/mol. The number of hydrogen-bond acceptors (Lipinski definition) is 4. The lowest BCUT2D eigenvalue weighted by atomic mass is 10.0. The second kappa shape index (κ2) is 5.34. The van der Waals surface area contributed by atoms with Gasteiger partial charge in [-0.2, -0.15) is 0 Å². The van der Waals surface area contributed by atoms with Gasteiger partial charge in [-0.05, 0) is 34.6 Å². The van der Waals surface area contributed by atoms with Gasteiger partial charge in [0.25, 0.3) is 0 Å². The third-order valence-electron chi connectivity index (χ3n) is 2.30. The number of carbonyl (C=O) groups is 3.